The SMILES string of the molecule is CN(C)C(=O)CN(CC(c1ccccc1)c1ccccc1)C(=O)[C@H]1CCc2cccc(N)c2O1. The highest BCUT2D eigenvalue weighted by atomic mass is 16.5. The molecule has 4 rings (SSSR count). The maximum atomic E-state index is 13.8. The zero-order valence-corrected chi connectivity index (χ0v) is 19.7. The first-order valence-electron chi connectivity index (χ1n) is 11.6. The Morgan fingerprint density at radius 2 is 1.56 bits per heavy atom. The van der Waals surface area contributed by atoms with Crippen molar-refractivity contribution in [2.24, 2.45) is 0 Å². The lowest BCUT2D eigenvalue weighted by Crippen LogP contribution is -2.49. The molecular weight excluding hydrogens is 426 g/mol. The minimum absolute atomic E-state index is 0.0149. The van der Waals surface area contributed by atoms with Gasteiger partial charge in [-0.2, -0.15) is 0 Å². The molecule has 3 aromatic carbocycles. The third kappa shape index (κ3) is 5.22. The number of benzene rings is 3. The average molecular weight is 458 g/mol. The molecule has 176 valence electrons. The average Bonchev–Trinajstić information content (AvgIpc) is 2.87. The number of carbonyl (C=O) groups excluding carboxylic acids is 2. The third-order valence-electron chi connectivity index (χ3n) is 6.28. The van der Waals surface area contributed by atoms with Gasteiger partial charge in [-0.25, -0.2) is 0 Å². The van der Waals surface area contributed by atoms with Gasteiger partial charge in [-0.15, -0.1) is 0 Å². The zero-order chi connectivity index (χ0) is 24.1. The topological polar surface area (TPSA) is 75.9 Å². The third-order valence-corrected chi connectivity index (χ3v) is 6.28. The van der Waals surface area contributed by atoms with E-state index < -0.39 is 6.10 Å². The molecule has 0 saturated heterocycles. The van der Waals surface area contributed by atoms with E-state index in [1.165, 1.54) is 4.90 Å². The summed E-state index contributed by atoms with van der Waals surface area (Å²) in [6, 6.07) is 25.8. The van der Waals surface area contributed by atoms with E-state index in [-0.39, 0.29) is 24.3 Å². The van der Waals surface area contributed by atoms with Gasteiger partial charge in [0.05, 0.1) is 12.2 Å². The zero-order valence-electron chi connectivity index (χ0n) is 19.7. The molecule has 1 heterocycles. The van der Waals surface area contributed by atoms with Crippen molar-refractivity contribution in [3.05, 3.63) is 95.6 Å². The van der Waals surface area contributed by atoms with Gasteiger partial charge >= 0.3 is 0 Å². The quantitative estimate of drug-likeness (QED) is 0.549. The van der Waals surface area contributed by atoms with Crippen molar-refractivity contribution in [1.82, 2.24) is 9.80 Å². The summed E-state index contributed by atoms with van der Waals surface area (Å²) in [6.45, 7) is 0.350. The summed E-state index contributed by atoms with van der Waals surface area (Å²) in [7, 11) is 3.40. The van der Waals surface area contributed by atoms with E-state index in [0.29, 0.717) is 30.8 Å². The summed E-state index contributed by atoms with van der Waals surface area (Å²) in [6.07, 6.45) is 0.565. The molecule has 3 aromatic rings. The van der Waals surface area contributed by atoms with Crippen LogP contribution in [0, 0.1) is 0 Å². The van der Waals surface area contributed by atoms with Gasteiger partial charge < -0.3 is 20.3 Å². The molecule has 0 aliphatic carbocycles. The highest BCUT2D eigenvalue weighted by Gasteiger charge is 2.33. The summed E-state index contributed by atoms with van der Waals surface area (Å²) in [5.74, 6) is 0.167. The number of hydrogen-bond donors (Lipinski definition) is 1. The summed E-state index contributed by atoms with van der Waals surface area (Å²) in [4.78, 5) is 29.6. The van der Waals surface area contributed by atoms with Gasteiger partial charge in [-0.05, 0) is 35.6 Å². The molecule has 1 atom stereocenters. The van der Waals surface area contributed by atoms with Crippen LogP contribution in [0.15, 0.2) is 78.9 Å². The van der Waals surface area contributed by atoms with E-state index in [9.17, 15) is 9.59 Å². The van der Waals surface area contributed by atoms with E-state index in [0.717, 1.165) is 16.7 Å². The number of ether oxygens (including phenoxy) is 1. The lowest BCUT2D eigenvalue weighted by Gasteiger charge is -2.33. The molecule has 2 N–H and O–H groups in total. The predicted octanol–water partition coefficient (Wildman–Crippen LogP) is 3.71. The second-order valence-corrected chi connectivity index (χ2v) is 8.86. The van der Waals surface area contributed by atoms with Gasteiger partial charge in [0.1, 0.15) is 5.75 Å². The molecule has 6 nitrogen and oxygen atoms in total. The minimum atomic E-state index is -0.681. The summed E-state index contributed by atoms with van der Waals surface area (Å²) in [5.41, 5.74) is 9.83. The van der Waals surface area contributed by atoms with Crippen LogP contribution in [-0.2, 0) is 16.0 Å². The normalized spacial score (nSPS) is 14.7. The molecule has 0 bridgehead atoms. The van der Waals surface area contributed by atoms with Gasteiger partial charge in [-0.3, -0.25) is 9.59 Å². The lowest BCUT2D eigenvalue weighted by molar-refractivity contribution is -0.144. The number of anilines is 1. The standard InChI is InChI=1S/C28H31N3O3/c1-30(2)26(32)19-31(28(33)25-17-16-22-14-9-15-24(29)27(22)34-25)18-23(20-10-5-3-6-11-20)21-12-7-4-8-13-21/h3-15,23,25H,16-19,29H2,1-2H3/t25-/m1/s1. The first-order chi connectivity index (χ1) is 16.4. The molecule has 1 aliphatic heterocycles. The van der Waals surface area contributed by atoms with Crippen molar-refractivity contribution >= 4 is 17.5 Å². The molecule has 1 aliphatic rings. The van der Waals surface area contributed by atoms with Gasteiger partial charge in [-0.1, -0.05) is 72.8 Å². The van der Waals surface area contributed by atoms with Crippen LogP contribution in [0.1, 0.15) is 29.0 Å². The van der Waals surface area contributed by atoms with Crippen LogP contribution >= 0.6 is 0 Å². The fraction of sp³-hybridized carbons (Fsp3) is 0.286. The van der Waals surface area contributed by atoms with Crippen molar-refractivity contribution in [3.8, 4) is 5.75 Å². The van der Waals surface area contributed by atoms with Gasteiger partial charge in [0.25, 0.3) is 5.91 Å². The molecular formula is C28H31N3O3. The monoisotopic (exact) mass is 457 g/mol. The molecule has 2 amide bonds. The van der Waals surface area contributed by atoms with Crippen LogP contribution < -0.4 is 10.5 Å². The number of carbonyl (C=O) groups is 2. The second-order valence-electron chi connectivity index (χ2n) is 8.86. The number of hydrogen-bond acceptors (Lipinski definition) is 4. The van der Waals surface area contributed by atoms with E-state index in [4.69, 9.17) is 10.5 Å². The van der Waals surface area contributed by atoms with E-state index >= 15 is 0 Å². The maximum Gasteiger partial charge on any atom is 0.264 e. The Hall–Kier alpha value is -3.80. The summed E-state index contributed by atoms with van der Waals surface area (Å²) in [5, 5.41) is 0. The van der Waals surface area contributed by atoms with Crippen LogP contribution in [0.3, 0.4) is 0 Å². The van der Waals surface area contributed by atoms with Crippen LogP contribution in [-0.4, -0.2) is 54.9 Å². The molecule has 0 unspecified atom stereocenters. The summed E-state index contributed by atoms with van der Waals surface area (Å²) >= 11 is 0. The number of rotatable bonds is 7. The van der Waals surface area contributed by atoms with Gasteiger partial charge in [0.15, 0.2) is 6.10 Å². The number of amides is 2. The Kier molecular flexibility index (Phi) is 7.16. The van der Waals surface area contributed by atoms with Crippen molar-refractivity contribution in [3.63, 3.8) is 0 Å². The van der Waals surface area contributed by atoms with Crippen LogP contribution in [0.25, 0.3) is 0 Å². The highest BCUT2D eigenvalue weighted by molar-refractivity contribution is 5.87. The van der Waals surface area contributed by atoms with Crippen LogP contribution in [0.4, 0.5) is 5.69 Å². The number of likely N-dealkylation sites (N-methyl/N-ethyl adjacent to an activating group) is 1. The molecule has 0 radical (unpaired) electrons. The number of aryl methyl sites for hydroxylation is 1. The molecule has 0 aromatic heterocycles. The van der Waals surface area contributed by atoms with Gasteiger partial charge in [0, 0.05) is 26.6 Å². The van der Waals surface area contributed by atoms with Crippen molar-refractivity contribution in [2.45, 2.75) is 24.9 Å². The van der Waals surface area contributed by atoms with E-state index in [2.05, 4.69) is 24.3 Å². The Labute approximate surface area is 200 Å². The fourth-order valence-corrected chi connectivity index (χ4v) is 4.34. The van der Waals surface area contributed by atoms with Crippen molar-refractivity contribution in [1.29, 1.82) is 0 Å². The highest BCUT2D eigenvalue weighted by Crippen LogP contribution is 2.34. The Morgan fingerprint density at radius 1 is 0.941 bits per heavy atom. The number of nitrogens with zero attached hydrogens (tertiary/aromatic N) is 2. The van der Waals surface area contributed by atoms with Crippen molar-refractivity contribution in [2.75, 3.05) is 32.9 Å². The number of para-hydroxylation sites is 1. The van der Waals surface area contributed by atoms with E-state index in [1.807, 2.05) is 48.5 Å². The fourth-order valence-electron chi connectivity index (χ4n) is 4.34. The van der Waals surface area contributed by atoms with Gasteiger partial charge in [0.2, 0.25) is 5.91 Å². The van der Waals surface area contributed by atoms with Crippen LogP contribution in [0.2, 0.25) is 0 Å². The number of fused-ring (bicyclic) bond motifs is 1. The minimum Gasteiger partial charge on any atom is -0.478 e. The number of nitrogen functional groups attached to an aromatic ring is 1. The largest absolute Gasteiger partial charge is 0.478 e. The first-order valence-corrected chi connectivity index (χ1v) is 11.6. The Balaban J connectivity index is 1.64. The Morgan fingerprint density at radius 3 is 2.15 bits per heavy atom. The molecule has 6 heteroatoms. The second kappa shape index (κ2) is 10.4. The maximum absolute atomic E-state index is 13.8. The molecule has 34 heavy (non-hydrogen) atoms. The predicted molar refractivity (Wildman–Crippen MR) is 134 cm³/mol. The molecule has 0 fully saturated rings. The smallest absolute Gasteiger partial charge is 0.264 e. The number of nitrogens with two attached hydrogens (primary N) is 1. The van der Waals surface area contributed by atoms with Crippen molar-refractivity contribution < 1.29 is 14.3 Å². The molecule has 0 spiro atoms. The first kappa shape index (κ1) is 23.4. The lowest BCUT2D eigenvalue weighted by atomic mass is 9.90. The Bertz CT molecular complexity index is 1090. The molecule has 0 saturated carbocycles. The summed E-state index contributed by atoms with van der Waals surface area (Å²) < 4.78 is 6.10. The van der Waals surface area contributed by atoms with Crippen LogP contribution in [0.5, 0.6) is 5.75 Å². The van der Waals surface area contributed by atoms with E-state index in [1.54, 1.807) is 25.1 Å².